The maximum atomic E-state index is 12.3. The predicted octanol–water partition coefficient (Wildman–Crippen LogP) is 3.37. The van der Waals surface area contributed by atoms with Crippen molar-refractivity contribution in [1.82, 2.24) is 4.98 Å². The van der Waals surface area contributed by atoms with E-state index < -0.39 is 14.6 Å². The summed E-state index contributed by atoms with van der Waals surface area (Å²) >= 11 is 1.69. The number of hydrogen-bond acceptors (Lipinski definition) is 5. The zero-order valence-corrected chi connectivity index (χ0v) is 14.1. The second kappa shape index (κ2) is 6.15. The van der Waals surface area contributed by atoms with E-state index in [2.05, 4.69) is 27.1 Å². The monoisotopic (exact) mass is 324 g/mol. The minimum atomic E-state index is -3.39. The molecule has 2 rings (SSSR count). The molecule has 0 atom stereocenters. The van der Waals surface area contributed by atoms with Gasteiger partial charge in [-0.3, -0.25) is 0 Å². The van der Waals surface area contributed by atoms with Crippen LogP contribution in [0.2, 0.25) is 0 Å². The number of anilines is 1. The molecule has 6 heteroatoms. The molecule has 0 bridgehead atoms. The molecule has 0 saturated heterocycles. The molecule has 0 saturated carbocycles. The van der Waals surface area contributed by atoms with Gasteiger partial charge in [0.1, 0.15) is 0 Å². The maximum absolute atomic E-state index is 12.3. The van der Waals surface area contributed by atoms with Gasteiger partial charge >= 0.3 is 0 Å². The van der Waals surface area contributed by atoms with Gasteiger partial charge in [-0.05, 0) is 61.7 Å². The molecule has 0 aliphatic rings. The summed E-state index contributed by atoms with van der Waals surface area (Å²) in [6.07, 6.45) is 2.51. The van der Waals surface area contributed by atoms with Crippen LogP contribution >= 0.6 is 11.3 Å². The van der Waals surface area contributed by atoms with E-state index in [1.54, 1.807) is 50.4 Å². The molecule has 0 aromatic carbocycles. The molecule has 114 valence electrons. The molecule has 0 amide bonds. The van der Waals surface area contributed by atoms with Crippen LogP contribution in [0.15, 0.2) is 40.2 Å². The van der Waals surface area contributed by atoms with Gasteiger partial charge in [0.2, 0.25) is 0 Å². The fourth-order valence-electron chi connectivity index (χ4n) is 1.74. The number of pyridine rings is 1. The Morgan fingerprint density at radius 3 is 2.52 bits per heavy atom. The van der Waals surface area contributed by atoms with E-state index in [0.717, 1.165) is 18.7 Å². The number of aromatic nitrogens is 1. The summed E-state index contributed by atoms with van der Waals surface area (Å²) in [5.74, 6) is 0. The van der Waals surface area contributed by atoms with E-state index in [1.165, 1.54) is 5.56 Å². The highest BCUT2D eigenvalue weighted by Crippen LogP contribution is 2.23. The standard InChI is InChI=1S/C15H20N2O2S2/c1-15(2,3)21(18,19)14-5-4-13(10-17-14)16-8-6-12-7-9-20-11-12/h4-5,7,9-11,16H,6,8H2,1-3H3. The SMILES string of the molecule is CC(C)(C)S(=O)(=O)c1ccc(NCCc2ccsc2)cn1. The van der Waals surface area contributed by atoms with Gasteiger partial charge < -0.3 is 5.32 Å². The van der Waals surface area contributed by atoms with Crippen molar-refractivity contribution >= 4 is 26.9 Å². The highest BCUT2D eigenvalue weighted by molar-refractivity contribution is 7.92. The van der Waals surface area contributed by atoms with Gasteiger partial charge in [-0.1, -0.05) is 0 Å². The first-order valence-corrected chi connectivity index (χ1v) is 9.19. The highest BCUT2D eigenvalue weighted by Gasteiger charge is 2.31. The first-order valence-electron chi connectivity index (χ1n) is 6.76. The molecule has 2 aromatic heterocycles. The van der Waals surface area contributed by atoms with E-state index in [1.807, 2.05) is 0 Å². The van der Waals surface area contributed by atoms with Crippen LogP contribution in [0.3, 0.4) is 0 Å². The Labute approximate surface area is 130 Å². The normalized spacial score (nSPS) is 12.3. The van der Waals surface area contributed by atoms with Crippen LogP contribution in [-0.4, -0.2) is 24.7 Å². The third-order valence-corrected chi connectivity index (χ3v) is 6.28. The molecule has 0 fully saturated rings. The number of sulfone groups is 1. The fraction of sp³-hybridized carbons (Fsp3) is 0.400. The number of thiophene rings is 1. The summed E-state index contributed by atoms with van der Waals surface area (Å²) in [6.45, 7) is 5.83. The lowest BCUT2D eigenvalue weighted by Gasteiger charge is -2.18. The van der Waals surface area contributed by atoms with Gasteiger partial charge in [-0.2, -0.15) is 11.3 Å². The van der Waals surface area contributed by atoms with Crippen molar-refractivity contribution in [2.75, 3.05) is 11.9 Å². The third kappa shape index (κ3) is 3.83. The number of nitrogens with zero attached hydrogens (tertiary/aromatic N) is 1. The molecular weight excluding hydrogens is 304 g/mol. The molecule has 0 radical (unpaired) electrons. The molecule has 4 nitrogen and oxygen atoms in total. The molecule has 2 heterocycles. The smallest absolute Gasteiger partial charge is 0.200 e. The Kier molecular flexibility index (Phi) is 4.68. The lowest BCUT2D eigenvalue weighted by molar-refractivity contribution is 0.556. The lowest BCUT2D eigenvalue weighted by atomic mass is 10.2. The fourth-order valence-corrected chi connectivity index (χ4v) is 3.51. The average molecular weight is 324 g/mol. The molecule has 0 aliphatic heterocycles. The van der Waals surface area contributed by atoms with E-state index in [0.29, 0.717) is 0 Å². The molecule has 21 heavy (non-hydrogen) atoms. The molecular formula is C15H20N2O2S2. The van der Waals surface area contributed by atoms with Gasteiger partial charge in [0.05, 0.1) is 16.6 Å². The van der Waals surface area contributed by atoms with Gasteiger partial charge in [-0.25, -0.2) is 13.4 Å². The van der Waals surface area contributed by atoms with Crippen LogP contribution in [0.4, 0.5) is 5.69 Å². The van der Waals surface area contributed by atoms with Crippen LogP contribution in [0.5, 0.6) is 0 Å². The van der Waals surface area contributed by atoms with Crippen molar-refractivity contribution in [2.45, 2.75) is 37.0 Å². The number of hydrogen-bond donors (Lipinski definition) is 1. The minimum Gasteiger partial charge on any atom is -0.383 e. The van der Waals surface area contributed by atoms with Crippen molar-refractivity contribution < 1.29 is 8.42 Å². The first kappa shape index (κ1) is 16.0. The highest BCUT2D eigenvalue weighted by atomic mass is 32.2. The third-order valence-electron chi connectivity index (χ3n) is 3.14. The van der Waals surface area contributed by atoms with Crippen LogP contribution in [0.25, 0.3) is 0 Å². The molecule has 0 spiro atoms. The predicted molar refractivity (Wildman–Crippen MR) is 87.7 cm³/mol. The Bertz CT molecular complexity index is 669. The second-order valence-corrected chi connectivity index (χ2v) is 9.24. The van der Waals surface area contributed by atoms with Crippen molar-refractivity contribution in [1.29, 1.82) is 0 Å². The first-order chi connectivity index (χ1) is 9.80. The molecule has 1 N–H and O–H groups in total. The molecule has 0 aliphatic carbocycles. The van der Waals surface area contributed by atoms with Crippen LogP contribution in [0, 0.1) is 0 Å². The Balaban J connectivity index is 1.99. The average Bonchev–Trinajstić information content (AvgIpc) is 2.91. The Morgan fingerprint density at radius 2 is 2.00 bits per heavy atom. The van der Waals surface area contributed by atoms with Gasteiger partial charge in [0, 0.05) is 6.54 Å². The van der Waals surface area contributed by atoms with Gasteiger partial charge in [-0.15, -0.1) is 0 Å². The number of rotatable bonds is 5. The summed E-state index contributed by atoms with van der Waals surface area (Å²) in [4.78, 5) is 4.08. The minimum absolute atomic E-state index is 0.124. The molecule has 2 aromatic rings. The zero-order chi connectivity index (χ0) is 15.5. The summed E-state index contributed by atoms with van der Waals surface area (Å²) < 4.78 is 23.7. The summed E-state index contributed by atoms with van der Waals surface area (Å²) in [7, 11) is -3.39. The van der Waals surface area contributed by atoms with Gasteiger partial charge in [0.15, 0.2) is 14.9 Å². The maximum Gasteiger partial charge on any atom is 0.200 e. The van der Waals surface area contributed by atoms with Crippen LogP contribution in [-0.2, 0) is 16.3 Å². The van der Waals surface area contributed by atoms with E-state index >= 15 is 0 Å². The van der Waals surface area contributed by atoms with Crippen molar-refractivity contribution in [3.63, 3.8) is 0 Å². The summed E-state index contributed by atoms with van der Waals surface area (Å²) in [5.41, 5.74) is 2.13. The lowest BCUT2D eigenvalue weighted by Crippen LogP contribution is -2.28. The summed E-state index contributed by atoms with van der Waals surface area (Å²) in [5, 5.41) is 7.55. The van der Waals surface area contributed by atoms with Crippen LogP contribution < -0.4 is 5.32 Å². The van der Waals surface area contributed by atoms with Gasteiger partial charge in [0.25, 0.3) is 0 Å². The van der Waals surface area contributed by atoms with Crippen molar-refractivity contribution in [2.24, 2.45) is 0 Å². The Hall–Kier alpha value is -1.40. The van der Waals surface area contributed by atoms with Crippen molar-refractivity contribution in [3.8, 4) is 0 Å². The molecule has 0 unspecified atom stereocenters. The van der Waals surface area contributed by atoms with Crippen LogP contribution in [0.1, 0.15) is 26.3 Å². The topological polar surface area (TPSA) is 59.1 Å². The summed E-state index contributed by atoms with van der Waals surface area (Å²) in [6, 6.07) is 5.43. The van der Waals surface area contributed by atoms with E-state index in [4.69, 9.17) is 0 Å². The largest absolute Gasteiger partial charge is 0.383 e. The van der Waals surface area contributed by atoms with E-state index in [-0.39, 0.29) is 5.03 Å². The van der Waals surface area contributed by atoms with Crippen molar-refractivity contribution in [3.05, 3.63) is 40.7 Å². The quantitative estimate of drug-likeness (QED) is 0.916. The van der Waals surface area contributed by atoms with E-state index in [9.17, 15) is 8.42 Å². The second-order valence-electron chi connectivity index (χ2n) is 5.81. The Morgan fingerprint density at radius 1 is 1.24 bits per heavy atom. The zero-order valence-electron chi connectivity index (χ0n) is 12.5. The number of nitrogens with one attached hydrogen (secondary N) is 1.